The number of aryl methyl sites for hydroxylation is 2. The number of nitrogens with one attached hydrogen (secondary N) is 1. The molecule has 1 unspecified atom stereocenters. The second-order valence-corrected chi connectivity index (χ2v) is 11.2. The van der Waals surface area contributed by atoms with Gasteiger partial charge in [0.25, 0.3) is 0 Å². The molecule has 5 rings (SSSR count). The van der Waals surface area contributed by atoms with Crippen LogP contribution in [0.4, 0.5) is 23.7 Å². The zero-order chi connectivity index (χ0) is 30.6. The number of amidine groups is 1. The Morgan fingerprint density at radius 1 is 1.07 bits per heavy atom. The predicted molar refractivity (Wildman–Crippen MR) is 163 cm³/mol. The number of thioether (sulfide) groups is 1. The van der Waals surface area contributed by atoms with Crippen molar-refractivity contribution in [3.8, 4) is 22.8 Å². The Morgan fingerprint density at radius 2 is 1.77 bits per heavy atom. The second-order valence-electron chi connectivity index (χ2n) is 10.1. The van der Waals surface area contributed by atoms with Gasteiger partial charge in [0.1, 0.15) is 12.1 Å². The van der Waals surface area contributed by atoms with Gasteiger partial charge < -0.3 is 15.0 Å². The summed E-state index contributed by atoms with van der Waals surface area (Å²) in [6.07, 6.45) is -2.43. The Morgan fingerprint density at radius 3 is 2.42 bits per heavy atom. The average Bonchev–Trinajstić information content (AvgIpc) is 3.64. The molecule has 12 heteroatoms. The van der Waals surface area contributed by atoms with Gasteiger partial charge in [-0.15, -0.1) is 18.3 Å². The maximum Gasteiger partial charge on any atom is 0.573 e. The number of nitrogens with zero attached hydrogens (tertiary/aromatic N) is 5. The zero-order valence-electron chi connectivity index (χ0n) is 23.9. The van der Waals surface area contributed by atoms with Crippen LogP contribution in [0.3, 0.4) is 0 Å². The van der Waals surface area contributed by atoms with E-state index in [1.165, 1.54) is 35.3 Å². The number of hydrogen-bond donors (Lipinski definition) is 1. The molecule has 1 aromatic heterocycles. The largest absolute Gasteiger partial charge is 0.573 e. The van der Waals surface area contributed by atoms with Crippen molar-refractivity contribution in [2.45, 2.75) is 39.5 Å². The molecule has 1 fully saturated rings. The van der Waals surface area contributed by atoms with Crippen molar-refractivity contribution in [1.82, 2.24) is 20.1 Å². The second kappa shape index (κ2) is 12.9. The lowest BCUT2D eigenvalue weighted by molar-refractivity contribution is -0.274. The number of carbonyl (C=O) groups excluding carboxylic acids is 1. The number of amides is 2. The van der Waals surface area contributed by atoms with Gasteiger partial charge in [-0.25, -0.2) is 14.5 Å². The fourth-order valence-corrected chi connectivity index (χ4v) is 5.94. The van der Waals surface area contributed by atoms with Gasteiger partial charge in [0.15, 0.2) is 11.0 Å². The van der Waals surface area contributed by atoms with Crippen LogP contribution < -0.4 is 15.0 Å². The maximum atomic E-state index is 12.8. The minimum absolute atomic E-state index is 0.0899. The minimum atomic E-state index is -4.75. The number of anilines is 1. The van der Waals surface area contributed by atoms with Gasteiger partial charge >= 0.3 is 12.4 Å². The molecule has 0 aliphatic carbocycles. The summed E-state index contributed by atoms with van der Waals surface area (Å²) in [5, 5.41) is 8.15. The number of aliphatic imine (C=N–C) groups is 1. The van der Waals surface area contributed by atoms with E-state index in [1.807, 2.05) is 30.3 Å². The number of rotatable bonds is 8. The third-order valence-electron chi connectivity index (χ3n) is 7.14. The smallest absolute Gasteiger partial charge is 0.406 e. The number of hydrogen-bond acceptors (Lipinski definition) is 5. The lowest BCUT2D eigenvalue weighted by Gasteiger charge is -2.22. The molecular formula is C31H31F3N6O2S. The third kappa shape index (κ3) is 7.37. The molecule has 224 valence electrons. The van der Waals surface area contributed by atoms with E-state index in [9.17, 15) is 18.0 Å². The third-order valence-corrected chi connectivity index (χ3v) is 8.10. The molecule has 1 N–H and O–H groups in total. The number of para-hydroxylation sites is 1. The molecule has 2 heterocycles. The molecule has 1 aliphatic heterocycles. The monoisotopic (exact) mass is 608 g/mol. The zero-order valence-corrected chi connectivity index (χ0v) is 24.7. The van der Waals surface area contributed by atoms with E-state index in [2.05, 4.69) is 62.9 Å². The average molecular weight is 609 g/mol. The Labute approximate surface area is 252 Å². The van der Waals surface area contributed by atoms with Crippen LogP contribution in [-0.2, 0) is 0 Å². The topological polar surface area (TPSA) is 84.6 Å². The molecule has 2 amide bonds. The van der Waals surface area contributed by atoms with E-state index < -0.39 is 6.36 Å². The van der Waals surface area contributed by atoms with Gasteiger partial charge in [-0.2, -0.15) is 4.99 Å². The van der Waals surface area contributed by atoms with Crippen LogP contribution >= 0.6 is 11.8 Å². The minimum Gasteiger partial charge on any atom is -0.406 e. The molecule has 0 saturated carbocycles. The van der Waals surface area contributed by atoms with E-state index in [-0.39, 0.29) is 17.7 Å². The van der Waals surface area contributed by atoms with Gasteiger partial charge in [0.05, 0.1) is 5.69 Å². The van der Waals surface area contributed by atoms with Crippen molar-refractivity contribution in [2.75, 3.05) is 23.7 Å². The number of aromatic nitrogens is 3. The first-order valence-corrected chi connectivity index (χ1v) is 14.8. The number of carbonyl (C=O) groups is 1. The highest BCUT2D eigenvalue weighted by Crippen LogP contribution is 2.31. The van der Waals surface area contributed by atoms with Crippen molar-refractivity contribution in [2.24, 2.45) is 4.99 Å². The molecule has 8 nitrogen and oxygen atoms in total. The molecule has 1 saturated heterocycles. The van der Waals surface area contributed by atoms with Gasteiger partial charge in [-0.3, -0.25) is 0 Å². The van der Waals surface area contributed by atoms with Gasteiger partial charge in [-0.05, 0) is 61.2 Å². The van der Waals surface area contributed by atoms with Gasteiger partial charge in [0, 0.05) is 36.0 Å². The highest BCUT2D eigenvalue weighted by molar-refractivity contribution is 8.14. The van der Waals surface area contributed by atoms with E-state index in [0.29, 0.717) is 23.2 Å². The van der Waals surface area contributed by atoms with Crippen LogP contribution in [0.15, 0.2) is 78.0 Å². The highest BCUT2D eigenvalue weighted by atomic mass is 32.2. The fourth-order valence-electron chi connectivity index (χ4n) is 4.99. The van der Waals surface area contributed by atoms with Crippen molar-refractivity contribution < 1.29 is 22.7 Å². The first-order chi connectivity index (χ1) is 20.6. The van der Waals surface area contributed by atoms with Crippen LogP contribution in [-0.4, -0.2) is 51.2 Å². The lowest BCUT2D eigenvalue weighted by atomic mass is 9.95. The molecular weight excluding hydrogens is 577 g/mol. The van der Waals surface area contributed by atoms with Crippen LogP contribution in [0.25, 0.3) is 17.1 Å². The summed E-state index contributed by atoms with van der Waals surface area (Å²) in [4.78, 5) is 23.7. The summed E-state index contributed by atoms with van der Waals surface area (Å²) in [5.74, 6) is 1.13. The first kappa shape index (κ1) is 30.1. The summed E-state index contributed by atoms with van der Waals surface area (Å²) in [6, 6.07) is 19.0. The Balaban J connectivity index is 1.21. The molecule has 1 aliphatic rings. The normalized spacial score (nSPS) is 15.1. The van der Waals surface area contributed by atoms with Gasteiger partial charge in [-0.1, -0.05) is 61.2 Å². The van der Waals surface area contributed by atoms with Gasteiger partial charge in [0.2, 0.25) is 0 Å². The van der Waals surface area contributed by atoms with Crippen LogP contribution in [0.5, 0.6) is 5.75 Å². The van der Waals surface area contributed by atoms with Crippen LogP contribution in [0, 0.1) is 13.8 Å². The van der Waals surface area contributed by atoms with Crippen molar-refractivity contribution in [3.05, 3.63) is 89.7 Å². The van der Waals surface area contributed by atoms with E-state index in [4.69, 9.17) is 0 Å². The molecule has 4 aromatic rings. The van der Waals surface area contributed by atoms with E-state index in [1.54, 1.807) is 11.8 Å². The molecule has 0 spiro atoms. The molecule has 0 radical (unpaired) electrons. The fraction of sp³-hybridized carbons (Fsp3) is 0.290. The Kier molecular flexibility index (Phi) is 9.05. The summed E-state index contributed by atoms with van der Waals surface area (Å²) in [7, 11) is 0. The molecule has 43 heavy (non-hydrogen) atoms. The SMILES string of the molecule is CCC(CNC(=O)N=C1SCCN1c1c(C)cccc1C)c1ccc(-c2ncn(-c3ccc(OC(F)(F)F)cc3)n2)cc1. The molecule has 0 bridgehead atoms. The van der Waals surface area contributed by atoms with Crippen molar-refractivity contribution in [1.29, 1.82) is 0 Å². The van der Waals surface area contributed by atoms with Crippen molar-refractivity contribution in [3.63, 3.8) is 0 Å². The summed E-state index contributed by atoms with van der Waals surface area (Å²) >= 11 is 1.58. The number of benzene rings is 3. The summed E-state index contributed by atoms with van der Waals surface area (Å²) in [5.41, 5.74) is 5.81. The predicted octanol–water partition coefficient (Wildman–Crippen LogP) is 7.26. The summed E-state index contributed by atoms with van der Waals surface area (Å²) < 4.78 is 42.7. The summed E-state index contributed by atoms with van der Waals surface area (Å²) in [6.45, 7) is 7.46. The maximum absolute atomic E-state index is 12.8. The van der Waals surface area contributed by atoms with Crippen LogP contribution in [0.1, 0.15) is 36.0 Å². The standard InChI is InChI=1S/C31H31F3N6O2S/c1-4-22(18-35-29(41)37-30-39(16-17-43-30)27-20(2)6-5-7-21(27)3)23-8-10-24(11-9-23)28-36-19-40(38-28)25-12-14-26(15-13-25)42-31(32,33)34/h5-15,19,22H,4,16-18H2,1-3H3,(H,35,41). The lowest BCUT2D eigenvalue weighted by Crippen LogP contribution is -2.30. The number of alkyl halides is 3. The molecule has 3 aromatic carbocycles. The number of halogens is 3. The van der Waals surface area contributed by atoms with Crippen LogP contribution in [0.2, 0.25) is 0 Å². The Bertz CT molecular complexity index is 1580. The molecule has 1 atom stereocenters. The van der Waals surface area contributed by atoms with E-state index in [0.717, 1.165) is 46.7 Å². The first-order valence-electron chi connectivity index (χ1n) is 13.8. The number of ether oxygens (including phenoxy) is 1. The Hall–Kier alpha value is -4.32. The quantitative estimate of drug-likeness (QED) is 0.227. The van der Waals surface area contributed by atoms with Crippen molar-refractivity contribution >= 4 is 28.6 Å². The highest BCUT2D eigenvalue weighted by Gasteiger charge is 2.31. The number of urea groups is 1. The van der Waals surface area contributed by atoms with E-state index >= 15 is 0 Å².